The number of nitrogens with one attached hydrogen (secondary N) is 3. The third-order valence-corrected chi connectivity index (χ3v) is 4.97. The van der Waals surface area contributed by atoms with Crippen molar-refractivity contribution in [1.29, 1.82) is 0 Å². The first-order valence-corrected chi connectivity index (χ1v) is 10.9. The number of amides is 3. The van der Waals surface area contributed by atoms with Gasteiger partial charge in [0.05, 0.1) is 18.6 Å². The van der Waals surface area contributed by atoms with Gasteiger partial charge in [0.15, 0.2) is 0 Å². The van der Waals surface area contributed by atoms with Crippen LogP contribution in [0, 0.1) is 0 Å². The number of nitrogens with two attached hydrogens (primary N) is 1. The molecule has 0 aliphatic heterocycles. The van der Waals surface area contributed by atoms with Crippen molar-refractivity contribution in [2.45, 2.75) is 62.9 Å². The molecule has 5 unspecified atom stereocenters. The van der Waals surface area contributed by atoms with Gasteiger partial charge in [-0.2, -0.15) is 0 Å². The van der Waals surface area contributed by atoms with E-state index in [9.17, 15) is 39.0 Å². The summed E-state index contributed by atoms with van der Waals surface area (Å²) in [6, 6.07) is 2.28. The number of hydrogen-bond acceptors (Lipinski definition) is 8. The quantitative estimate of drug-likeness (QED) is 0.126. The molecule has 36 heavy (non-hydrogen) atoms. The minimum absolute atomic E-state index is 0.108. The largest absolute Gasteiger partial charge is 0.481 e. The lowest BCUT2D eigenvalue weighted by Gasteiger charge is -2.26. The van der Waals surface area contributed by atoms with E-state index in [2.05, 4.69) is 16.0 Å². The predicted octanol–water partition coefficient (Wildman–Crippen LogP) is -2.18. The molecule has 0 aliphatic carbocycles. The van der Waals surface area contributed by atoms with E-state index in [0.717, 1.165) is 0 Å². The Hall–Kier alpha value is -4.04. The molecular formula is C22H30N4O10. The van der Waals surface area contributed by atoms with Crippen LogP contribution in [-0.2, 0) is 35.2 Å². The second-order valence-corrected chi connectivity index (χ2v) is 8.01. The van der Waals surface area contributed by atoms with Crippen LogP contribution >= 0.6 is 0 Å². The summed E-state index contributed by atoms with van der Waals surface area (Å²) in [4.78, 5) is 71.0. The molecule has 14 heteroatoms. The van der Waals surface area contributed by atoms with Crippen LogP contribution in [0.25, 0.3) is 0 Å². The molecular weight excluding hydrogens is 480 g/mol. The van der Waals surface area contributed by atoms with Crippen LogP contribution in [0.5, 0.6) is 0 Å². The zero-order valence-electron chi connectivity index (χ0n) is 19.4. The number of carboxylic acid groups (broad SMARTS) is 3. The van der Waals surface area contributed by atoms with Crippen LogP contribution in [0.1, 0.15) is 31.7 Å². The van der Waals surface area contributed by atoms with Gasteiger partial charge in [0, 0.05) is 12.8 Å². The standard InChI is InChI=1S/C22H30N4O10/c1-11(27)18(26-19(32)13(23)10-17(30)31)21(34)25-15(9-12-5-3-2-4-6-12)20(33)24-14(22(35)36)7-8-16(28)29/h2-6,11,13-15,18,27H,7-10,23H2,1H3,(H,24,33)(H,25,34)(H,26,32)(H,28,29)(H,30,31)(H,35,36). The first-order chi connectivity index (χ1) is 16.8. The fraction of sp³-hybridized carbons (Fsp3) is 0.455. The van der Waals surface area contributed by atoms with E-state index in [1.807, 2.05) is 0 Å². The van der Waals surface area contributed by atoms with Crippen LogP contribution < -0.4 is 21.7 Å². The maximum atomic E-state index is 12.9. The van der Waals surface area contributed by atoms with E-state index in [1.54, 1.807) is 30.3 Å². The van der Waals surface area contributed by atoms with Gasteiger partial charge in [-0.1, -0.05) is 30.3 Å². The van der Waals surface area contributed by atoms with Crippen molar-refractivity contribution in [1.82, 2.24) is 16.0 Å². The molecule has 0 radical (unpaired) electrons. The van der Waals surface area contributed by atoms with E-state index in [0.29, 0.717) is 5.56 Å². The lowest BCUT2D eigenvalue weighted by molar-refractivity contribution is -0.143. The van der Waals surface area contributed by atoms with Crippen molar-refractivity contribution < 1.29 is 49.2 Å². The van der Waals surface area contributed by atoms with Gasteiger partial charge < -0.3 is 42.1 Å². The maximum absolute atomic E-state index is 12.9. The molecule has 1 aromatic rings. The Labute approximate surface area is 205 Å². The Morgan fingerprint density at radius 3 is 1.92 bits per heavy atom. The Morgan fingerprint density at radius 2 is 1.42 bits per heavy atom. The van der Waals surface area contributed by atoms with Crippen molar-refractivity contribution in [3.63, 3.8) is 0 Å². The molecule has 1 rings (SSSR count). The number of hydrogen-bond donors (Lipinski definition) is 8. The third-order valence-electron chi connectivity index (χ3n) is 4.97. The fourth-order valence-electron chi connectivity index (χ4n) is 3.06. The average Bonchev–Trinajstić information content (AvgIpc) is 2.78. The summed E-state index contributed by atoms with van der Waals surface area (Å²) in [7, 11) is 0. The van der Waals surface area contributed by atoms with Crippen LogP contribution in [0.2, 0.25) is 0 Å². The lowest BCUT2D eigenvalue weighted by atomic mass is 10.0. The predicted molar refractivity (Wildman–Crippen MR) is 122 cm³/mol. The van der Waals surface area contributed by atoms with Crippen LogP contribution in [0.4, 0.5) is 0 Å². The highest BCUT2D eigenvalue weighted by molar-refractivity contribution is 5.95. The number of rotatable bonds is 15. The fourth-order valence-corrected chi connectivity index (χ4v) is 3.06. The zero-order chi connectivity index (χ0) is 27.4. The van der Waals surface area contributed by atoms with E-state index >= 15 is 0 Å². The minimum Gasteiger partial charge on any atom is -0.481 e. The van der Waals surface area contributed by atoms with Gasteiger partial charge >= 0.3 is 17.9 Å². The van der Waals surface area contributed by atoms with Crippen molar-refractivity contribution in [3.05, 3.63) is 35.9 Å². The zero-order valence-corrected chi connectivity index (χ0v) is 19.4. The van der Waals surface area contributed by atoms with Gasteiger partial charge in [-0.05, 0) is 18.9 Å². The average molecular weight is 511 g/mol. The molecule has 14 nitrogen and oxygen atoms in total. The number of aliphatic carboxylic acids is 3. The minimum atomic E-state index is -1.62. The molecule has 1 aromatic carbocycles. The van der Waals surface area contributed by atoms with Crippen LogP contribution in [-0.4, -0.2) is 86.3 Å². The monoisotopic (exact) mass is 510 g/mol. The molecule has 9 N–H and O–H groups in total. The summed E-state index contributed by atoms with van der Waals surface area (Å²) in [5.41, 5.74) is 6.06. The SMILES string of the molecule is CC(O)C(NC(=O)C(N)CC(=O)O)C(=O)NC(Cc1ccccc1)C(=O)NC(CCC(=O)O)C(=O)O. The number of carbonyl (C=O) groups excluding carboxylic acids is 3. The molecule has 0 saturated carbocycles. The summed E-state index contributed by atoms with van der Waals surface area (Å²) < 4.78 is 0. The molecule has 0 bridgehead atoms. The number of aliphatic hydroxyl groups is 1. The summed E-state index contributed by atoms with van der Waals surface area (Å²) >= 11 is 0. The number of carboxylic acids is 3. The molecule has 0 spiro atoms. The van der Waals surface area contributed by atoms with Crippen molar-refractivity contribution >= 4 is 35.6 Å². The molecule has 3 amide bonds. The summed E-state index contributed by atoms with van der Waals surface area (Å²) in [6.45, 7) is 1.17. The molecule has 0 fully saturated rings. The Balaban J connectivity index is 3.09. The Kier molecular flexibility index (Phi) is 12.0. The van der Waals surface area contributed by atoms with Crippen LogP contribution in [0.15, 0.2) is 30.3 Å². The van der Waals surface area contributed by atoms with Gasteiger partial charge in [0.1, 0.15) is 18.1 Å². The van der Waals surface area contributed by atoms with Crippen molar-refractivity contribution in [2.75, 3.05) is 0 Å². The number of carbonyl (C=O) groups is 6. The van der Waals surface area contributed by atoms with Gasteiger partial charge in [0.2, 0.25) is 17.7 Å². The lowest BCUT2D eigenvalue weighted by Crippen LogP contribution is -2.60. The van der Waals surface area contributed by atoms with Gasteiger partial charge in [-0.15, -0.1) is 0 Å². The first kappa shape index (κ1) is 30.0. The number of benzene rings is 1. The normalized spacial score (nSPS) is 14.9. The van der Waals surface area contributed by atoms with E-state index in [-0.39, 0.29) is 6.42 Å². The van der Waals surface area contributed by atoms with Gasteiger partial charge in [0.25, 0.3) is 0 Å². The van der Waals surface area contributed by atoms with Crippen LogP contribution in [0.3, 0.4) is 0 Å². The Morgan fingerprint density at radius 1 is 0.833 bits per heavy atom. The molecule has 0 saturated heterocycles. The molecule has 198 valence electrons. The first-order valence-electron chi connectivity index (χ1n) is 10.9. The van der Waals surface area contributed by atoms with Crippen molar-refractivity contribution in [2.24, 2.45) is 5.73 Å². The third kappa shape index (κ3) is 10.5. The summed E-state index contributed by atoms with van der Waals surface area (Å²) in [5.74, 6) is -7.08. The smallest absolute Gasteiger partial charge is 0.326 e. The summed E-state index contributed by atoms with van der Waals surface area (Å²) in [5, 5.41) is 43.6. The van der Waals surface area contributed by atoms with E-state index in [1.165, 1.54) is 6.92 Å². The second-order valence-electron chi connectivity index (χ2n) is 8.01. The number of aliphatic hydroxyl groups excluding tert-OH is 1. The molecule has 0 aliphatic rings. The highest BCUT2D eigenvalue weighted by Gasteiger charge is 2.33. The maximum Gasteiger partial charge on any atom is 0.326 e. The second kappa shape index (κ2) is 14.4. The highest BCUT2D eigenvalue weighted by Crippen LogP contribution is 2.07. The van der Waals surface area contributed by atoms with Gasteiger partial charge in [-0.3, -0.25) is 24.0 Å². The molecule has 5 atom stereocenters. The summed E-state index contributed by atoms with van der Waals surface area (Å²) in [6.07, 6.45) is -3.25. The van der Waals surface area contributed by atoms with E-state index < -0.39 is 85.2 Å². The molecule has 0 heterocycles. The van der Waals surface area contributed by atoms with Gasteiger partial charge in [-0.25, -0.2) is 4.79 Å². The van der Waals surface area contributed by atoms with Crippen molar-refractivity contribution in [3.8, 4) is 0 Å². The molecule has 0 aromatic heterocycles. The Bertz CT molecular complexity index is 953. The van der Waals surface area contributed by atoms with E-state index in [4.69, 9.17) is 15.9 Å². The topological polar surface area (TPSA) is 245 Å². The highest BCUT2D eigenvalue weighted by atomic mass is 16.4.